The van der Waals surface area contributed by atoms with Crippen molar-refractivity contribution in [3.63, 3.8) is 0 Å². The molecule has 0 aliphatic heterocycles. The number of pyridine rings is 6. The van der Waals surface area contributed by atoms with Crippen molar-refractivity contribution in [1.29, 1.82) is 0 Å². The fourth-order valence-corrected chi connectivity index (χ4v) is 11.9. The summed E-state index contributed by atoms with van der Waals surface area (Å²) in [6.45, 7) is 12.0. The molecule has 0 atom stereocenters. The number of hydrogen-bond donors (Lipinski definition) is 0. The Morgan fingerprint density at radius 1 is 0.341 bits per heavy atom. The summed E-state index contributed by atoms with van der Waals surface area (Å²) in [6, 6.07) is 53.5. The molecule has 0 amide bonds. The molecule has 0 aliphatic carbocycles. The van der Waals surface area contributed by atoms with Crippen molar-refractivity contribution in [3.05, 3.63) is 252 Å². The normalized spacial score (nSPS) is 11.5. The molecule has 6 aromatic carbocycles. The van der Waals surface area contributed by atoms with Crippen molar-refractivity contribution in [2.24, 2.45) is 21.1 Å². The molecule has 0 fully saturated rings. The molecule has 13 heteroatoms. The summed E-state index contributed by atoms with van der Waals surface area (Å²) in [5.74, 6) is -1.67. The molecule has 9 aromatic heterocycles. The topological polar surface area (TPSA) is 89.7 Å². The summed E-state index contributed by atoms with van der Waals surface area (Å²) in [4.78, 5) is 13.7. The molecule has 0 radical (unpaired) electrons. The summed E-state index contributed by atoms with van der Waals surface area (Å²) < 4.78 is 80.0. The molecule has 432 valence electrons. The average Bonchev–Trinajstić information content (AvgIpc) is 2.04. The van der Waals surface area contributed by atoms with Crippen molar-refractivity contribution in [3.8, 4) is 67.2 Å². The average molecular weight is 1170 g/mol. The lowest BCUT2D eigenvalue weighted by molar-refractivity contribution is -0.660. The first-order valence-corrected chi connectivity index (χ1v) is 28.8. The van der Waals surface area contributed by atoms with Crippen LogP contribution in [0.25, 0.3) is 133 Å². The number of furan rings is 3. The second-order valence-corrected chi connectivity index (χ2v) is 22.5. The van der Waals surface area contributed by atoms with Crippen LogP contribution in [-0.4, -0.2) is 15.0 Å². The molecule has 9 heterocycles. The number of hydrogen-bond acceptors (Lipinski definition) is 6. The van der Waals surface area contributed by atoms with Gasteiger partial charge in [-0.3, -0.25) is 0 Å². The lowest BCUT2D eigenvalue weighted by atomic mass is 9.94. The van der Waals surface area contributed by atoms with Gasteiger partial charge in [0.25, 0.3) is 0 Å². The number of rotatable bonds is 6. The fraction of sp³-hybridized carbons (Fsp3) is 0.120. The smallest absolute Gasteiger partial charge is 0.227 e. The maximum Gasteiger partial charge on any atom is 0.227 e. The van der Waals surface area contributed by atoms with E-state index in [0.717, 1.165) is 145 Å². The molecule has 0 spiro atoms. The monoisotopic (exact) mass is 1170 g/mol. The van der Waals surface area contributed by atoms with E-state index in [1.165, 1.54) is 24.3 Å². The maximum atomic E-state index is 14.2. The first kappa shape index (κ1) is 56.5. The second-order valence-electron chi connectivity index (χ2n) is 22.5. The van der Waals surface area contributed by atoms with E-state index < -0.39 is 11.6 Å². The second kappa shape index (κ2) is 22.6. The van der Waals surface area contributed by atoms with Crippen LogP contribution in [0.5, 0.6) is 0 Å². The quantitative estimate of drug-likeness (QED) is 0.122. The van der Waals surface area contributed by atoms with E-state index in [9.17, 15) is 17.6 Å². The first-order chi connectivity index (χ1) is 42.5. The standard InChI is InChI=1S/C25H19F2N2O.2C25H20FN2O/c1-14-4-8-19-20-9-5-15(2)28-25(20)30-24(19)23(14)22-11-6-16(13-29(22)3)18-10-7-17(26)12-21(18)27;1-15-9-11-20-21-12-10-16(2)27-25(21)29-24(20)22(15)23-19(8-5-13-28(23)3)17-6-4-7-18(26)14-17;1-15-7-9-20-21-10-8-16(2)27-25(21)29-24(20)23(15)22-14-18(11-12-28(22)3)17-5-4-6-19(26)13-17/h4-13H,1-3H3;2*4-14H,1-3H3/q3*+1. The van der Waals surface area contributed by atoms with E-state index in [2.05, 4.69) is 92.5 Å². The van der Waals surface area contributed by atoms with Crippen LogP contribution in [0.15, 0.2) is 208 Å². The third-order valence-corrected chi connectivity index (χ3v) is 16.3. The summed E-state index contributed by atoms with van der Waals surface area (Å²) in [5, 5.41) is 6.07. The van der Waals surface area contributed by atoms with E-state index in [-0.39, 0.29) is 11.6 Å². The Morgan fingerprint density at radius 2 is 0.818 bits per heavy atom. The van der Waals surface area contributed by atoms with Crippen molar-refractivity contribution in [2.45, 2.75) is 41.5 Å². The van der Waals surface area contributed by atoms with Crippen LogP contribution in [0.3, 0.4) is 0 Å². The lowest BCUT2D eigenvalue weighted by Gasteiger charge is -2.10. The number of aryl methyl sites for hydroxylation is 9. The molecule has 0 bridgehead atoms. The van der Waals surface area contributed by atoms with Crippen LogP contribution in [0, 0.1) is 64.8 Å². The van der Waals surface area contributed by atoms with Gasteiger partial charge in [0.05, 0.1) is 22.3 Å². The number of aromatic nitrogens is 6. The van der Waals surface area contributed by atoms with E-state index >= 15 is 0 Å². The highest BCUT2D eigenvalue weighted by molar-refractivity contribution is 6.11. The molecule has 0 unspecified atom stereocenters. The van der Waals surface area contributed by atoms with E-state index in [1.807, 2.05) is 139 Å². The zero-order valence-electron chi connectivity index (χ0n) is 49.9. The Balaban J connectivity index is 0.000000122. The molecule has 0 N–H and O–H groups in total. The molecular weight excluding hydrogens is 1110 g/mol. The number of benzene rings is 6. The van der Waals surface area contributed by atoms with Gasteiger partial charge in [-0.25, -0.2) is 46.2 Å². The van der Waals surface area contributed by atoms with Gasteiger partial charge >= 0.3 is 0 Å². The molecule has 0 saturated carbocycles. The van der Waals surface area contributed by atoms with Crippen molar-refractivity contribution >= 4 is 66.2 Å². The van der Waals surface area contributed by atoms with Crippen molar-refractivity contribution in [2.75, 3.05) is 0 Å². The Kier molecular flexibility index (Phi) is 14.5. The van der Waals surface area contributed by atoms with Gasteiger partial charge in [0.1, 0.15) is 44.4 Å². The molecule has 15 aromatic rings. The third kappa shape index (κ3) is 10.4. The molecule has 0 saturated heterocycles. The minimum absolute atomic E-state index is 0.241. The van der Waals surface area contributed by atoms with Gasteiger partial charge in [-0.15, -0.1) is 0 Å². The highest BCUT2D eigenvalue weighted by Crippen LogP contribution is 2.42. The van der Waals surface area contributed by atoms with Crippen LogP contribution < -0.4 is 13.7 Å². The molecular formula is C75H59F4N6O3+3. The van der Waals surface area contributed by atoms with Gasteiger partial charge < -0.3 is 13.3 Å². The number of nitrogens with zero attached hydrogens (tertiary/aromatic N) is 6. The predicted octanol–water partition coefficient (Wildman–Crippen LogP) is 17.8. The summed E-state index contributed by atoms with van der Waals surface area (Å²) in [5.41, 5.74) is 20.8. The van der Waals surface area contributed by atoms with Gasteiger partial charge in [0.15, 0.2) is 35.3 Å². The Bertz CT molecular complexity index is 5300. The molecule has 88 heavy (non-hydrogen) atoms. The third-order valence-electron chi connectivity index (χ3n) is 16.3. The van der Waals surface area contributed by atoms with E-state index in [4.69, 9.17) is 13.3 Å². The van der Waals surface area contributed by atoms with Crippen molar-refractivity contribution in [1.82, 2.24) is 15.0 Å². The van der Waals surface area contributed by atoms with Crippen LogP contribution >= 0.6 is 0 Å². The van der Waals surface area contributed by atoms with Crippen LogP contribution in [0.1, 0.15) is 33.8 Å². The number of halogens is 4. The zero-order valence-corrected chi connectivity index (χ0v) is 49.9. The highest BCUT2D eigenvalue weighted by Gasteiger charge is 2.27. The van der Waals surface area contributed by atoms with Gasteiger partial charge in [0, 0.05) is 90.9 Å². The SMILES string of the molecule is Cc1ccc2c(n1)oc1c(-c3c(-c4cccc(F)c4)ccc[n+]3C)c(C)ccc12.Cc1ccc2c(n1)oc1c(-c3cc(-c4cccc(F)c4)cc[n+]3C)c(C)ccc12.Cc1ccc2c(n1)oc1c(-c3ccc(-c4ccc(F)cc4F)c[n+]3C)c(C)ccc12. The predicted molar refractivity (Wildman–Crippen MR) is 339 cm³/mol. The van der Waals surface area contributed by atoms with Crippen LogP contribution in [0.2, 0.25) is 0 Å². The minimum Gasteiger partial charge on any atom is -0.437 e. The van der Waals surface area contributed by atoms with Crippen LogP contribution in [-0.2, 0) is 21.1 Å². The maximum absolute atomic E-state index is 14.2. The summed E-state index contributed by atoms with van der Waals surface area (Å²) in [6.07, 6.45) is 5.84. The van der Waals surface area contributed by atoms with Gasteiger partial charge in [-0.2, -0.15) is 0 Å². The first-order valence-electron chi connectivity index (χ1n) is 28.8. The van der Waals surface area contributed by atoms with E-state index in [0.29, 0.717) is 28.3 Å². The molecule has 0 aliphatic rings. The summed E-state index contributed by atoms with van der Waals surface area (Å²) in [7, 11) is 5.92. The fourth-order valence-electron chi connectivity index (χ4n) is 11.9. The largest absolute Gasteiger partial charge is 0.437 e. The van der Waals surface area contributed by atoms with Gasteiger partial charge in [-0.1, -0.05) is 60.7 Å². The molecule has 15 rings (SSSR count). The Hall–Kier alpha value is -10.7. The minimum atomic E-state index is -0.590. The molecule has 9 nitrogen and oxygen atoms in total. The summed E-state index contributed by atoms with van der Waals surface area (Å²) >= 11 is 0. The van der Waals surface area contributed by atoms with Crippen molar-refractivity contribution < 1.29 is 44.5 Å². The number of fused-ring (bicyclic) bond motifs is 9. The Morgan fingerprint density at radius 3 is 1.35 bits per heavy atom. The lowest BCUT2D eigenvalue weighted by Crippen LogP contribution is -2.31. The van der Waals surface area contributed by atoms with E-state index in [1.54, 1.807) is 24.3 Å². The zero-order chi connectivity index (χ0) is 61.2. The van der Waals surface area contributed by atoms with Gasteiger partial charge in [-0.05, 0) is 160 Å². The Labute approximate surface area is 504 Å². The highest BCUT2D eigenvalue weighted by atomic mass is 19.1. The van der Waals surface area contributed by atoms with Crippen LogP contribution in [0.4, 0.5) is 17.6 Å². The van der Waals surface area contributed by atoms with Gasteiger partial charge in [0.2, 0.25) is 34.2 Å².